The fraction of sp³-hybridized carbons (Fsp3) is 0.375. The highest BCUT2D eigenvalue weighted by Crippen LogP contribution is 2.20. The van der Waals surface area contributed by atoms with Crippen LogP contribution >= 0.6 is 11.6 Å². The zero-order valence-electron chi connectivity index (χ0n) is 12.5. The van der Waals surface area contributed by atoms with Crippen molar-refractivity contribution in [3.63, 3.8) is 0 Å². The number of hydrogen-bond donors (Lipinski definition) is 2. The third kappa shape index (κ3) is 3.72. The smallest absolute Gasteiger partial charge is 0.271 e. The Morgan fingerprint density at radius 3 is 2.83 bits per heavy atom. The monoisotopic (exact) mass is 335 g/mol. The standard InChI is InChI=1S/C16H18ClN3O3/c17-12-3-1-2-4-14(12)20-8-5-13(19-20)15(21)18-11-16(22)6-9-23-10-7-16/h1-5,8,22H,6-7,9-11H2,(H,18,21). The van der Waals surface area contributed by atoms with E-state index in [2.05, 4.69) is 10.4 Å². The van der Waals surface area contributed by atoms with Gasteiger partial charge in [0.1, 0.15) is 0 Å². The number of carbonyl (C=O) groups is 1. The molecule has 0 saturated carbocycles. The molecule has 0 spiro atoms. The molecule has 0 radical (unpaired) electrons. The molecule has 1 aromatic carbocycles. The molecule has 2 N–H and O–H groups in total. The van der Waals surface area contributed by atoms with Gasteiger partial charge in [0.05, 0.1) is 16.3 Å². The van der Waals surface area contributed by atoms with Gasteiger partial charge >= 0.3 is 0 Å². The highest BCUT2D eigenvalue weighted by Gasteiger charge is 2.30. The Morgan fingerprint density at radius 2 is 2.09 bits per heavy atom. The van der Waals surface area contributed by atoms with Gasteiger partial charge < -0.3 is 15.2 Å². The second kappa shape index (κ2) is 6.70. The van der Waals surface area contributed by atoms with Gasteiger partial charge in [-0.15, -0.1) is 0 Å². The molecule has 0 bridgehead atoms. The molecule has 7 heteroatoms. The van der Waals surface area contributed by atoms with Crippen LogP contribution in [0.25, 0.3) is 5.69 Å². The minimum absolute atomic E-state index is 0.189. The Kier molecular flexibility index (Phi) is 4.66. The maximum atomic E-state index is 12.2. The molecule has 2 aromatic rings. The topological polar surface area (TPSA) is 76.4 Å². The van der Waals surface area contributed by atoms with Crippen molar-refractivity contribution in [3.05, 3.63) is 47.2 Å². The molecule has 6 nitrogen and oxygen atoms in total. The Labute approximate surface area is 139 Å². The SMILES string of the molecule is O=C(NCC1(O)CCOCC1)c1ccn(-c2ccccc2Cl)n1. The van der Waals surface area contributed by atoms with E-state index in [9.17, 15) is 9.90 Å². The van der Waals surface area contributed by atoms with Crippen LogP contribution in [0.2, 0.25) is 5.02 Å². The molecule has 1 fully saturated rings. The lowest BCUT2D eigenvalue weighted by molar-refractivity contribution is -0.0605. The van der Waals surface area contributed by atoms with Crippen molar-refractivity contribution in [1.82, 2.24) is 15.1 Å². The van der Waals surface area contributed by atoms with Crippen molar-refractivity contribution >= 4 is 17.5 Å². The van der Waals surface area contributed by atoms with E-state index in [1.807, 2.05) is 18.2 Å². The molecule has 1 aliphatic rings. The summed E-state index contributed by atoms with van der Waals surface area (Å²) in [4.78, 5) is 12.2. The Balaban J connectivity index is 1.66. The predicted molar refractivity (Wildman–Crippen MR) is 85.9 cm³/mol. The molecular weight excluding hydrogens is 318 g/mol. The molecule has 1 aliphatic heterocycles. The zero-order chi connectivity index (χ0) is 16.3. The number of aromatic nitrogens is 2. The molecule has 2 heterocycles. The Bertz CT molecular complexity index is 695. The Hall–Kier alpha value is -1.89. The van der Waals surface area contributed by atoms with E-state index in [0.717, 1.165) is 0 Å². The van der Waals surface area contributed by atoms with Gasteiger partial charge in [-0.05, 0) is 18.2 Å². The second-order valence-electron chi connectivity index (χ2n) is 5.62. The number of aliphatic hydroxyl groups is 1. The van der Waals surface area contributed by atoms with Crippen molar-refractivity contribution in [1.29, 1.82) is 0 Å². The van der Waals surface area contributed by atoms with E-state index < -0.39 is 5.60 Å². The average Bonchev–Trinajstić information content (AvgIpc) is 3.04. The van der Waals surface area contributed by atoms with Gasteiger partial charge in [0.2, 0.25) is 0 Å². The lowest BCUT2D eigenvalue weighted by atomic mass is 9.94. The lowest BCUT2D eigenvalue weighted by Crippen LogP contribution is -2.46. The fourth-order valence-corrected chi connectivity index (χ4v) is 2.70. The quantitative estimate of drug-likeness (QED) is 0.893. The largest absolute Gasteiger partial charge is 0.388 e. The maximum Gasteiger partial charge on any atom is 0.271 e. The van der Waals surface area contributed by atoms with E-state index in [4.69, 9.17) is 16.3 Å². The minimum Gasteiger partial charge on any atom is -0.388 e. The van der Waals surface area contributed by atoms with E-state index in [0.29, 0.717) is 36.8 Å². The van der Waals surface area contributed by atoms with Crippen LogP contribution in [0, 0.1) is 0 Å². The fourth-order valence-electron chi connectivity index (χ4n) is 2.48. The summed E-state index contributed by atoms with van der Waals surface area (Å²) in [5, 5.41) is 17.9. The molecule has 0 aliphatic carbocycles. The van der Waals surface area contributed by atoms with Gasteiger partial charge in [0.25, 0.3) is 5.91 Å². The second-order valence-corrected chi connectivity index (χ2v) is 6.02. The summed E-state index contributed by atoms with van der Waals surface area (Å²) in [7, 11) is 0. The van der Waals surface area contributed by atoms with Crippen LogP contribution in [0.3, 0.4) is 0 Å². The number of hydrogen-bond acceptors (Lipinski definition) is 4. The van der Waals surface area contributed by atoms with E-state index in [-0.39, 0.29) is 18.1 Å². The number of benzene rings is 1. The predicted octanol–water partition coefficient (Wildman–Crippen LogP) is 1.80. The molecule has 1 saturated heterocycles. The van der Waals surface area contributed by atoms with Crippen LogP contribution in [-0.4, -0.2) is 46.2 Å². The number of para-hydroxylation sites is 1. The van der Waals surface area contributed by atoms with E-state index >= 15 is 0 Å². The highest BCUT2D eigenvalue weighted by atomic mass is 35.5. The zero-order valence-corrected chi connectivity index (χ0v) is 13.3. The van der Waals surface area contributed by atoms with E-state index in [1.165, 1.54) is 0 Å². The summed E-state index contributed by atoms with van der Waals surface area (Å²) in [6.07, 6.45) is 2.71. The molecule has 3 rings (SSSR count). The van der Waals surface area contributed by atoms with Crippen LogP contribution in [0.4, 0.5) is 0 Å². The summed E-state index contributed by atoms with van der Waals surface area (Å²) in [6.45, 7) is 1.20. The van der Waals surface area contributed by atoms with Crippen molar-refractivity contribution < 1.29 is 14.6 Å². The molecule has 1 amide bonds. The van der Waals surface area contributed by atoms with Gasteiger partial charge in [-0.3, -0.25) is 4.79 Å². The third-order valence-electron chi connectivity index (χ3n) is 3.92. The molecule has 122 valence electrons. The van der Waals surface area contributed by atoms with Gasteiger partial charge in [0, 0.05) is 38.8 Å². The van der Waals surface area contributed by atoms with Gasteiger partial charge in [-0.25, -0.2) is 4.68 Å². The van der Waals surface area contributed by atoms with E-state index in [1.54, 1.807) is 23.0 Å². The Morgan fingerprint density at radius 1 is 1.35 bits per heavy atom. The molecule has 0 unspecified atom stereocenters. The number of nitrogens with one attached hydrogen (secondary N) is 1. The number of rotatable bonds is 4. The summed E-state index contributed by atoms with van der Waals surface area (Å²) in [6, 6.07) is 8.88. The highest BCUT2D eigenvalue weighted by molar-refractivity contribution is 6.32. The van der Waals surface area contributed by atoms with Crippen LogP contribution in [0.5, 0.6) is 0 Å². The average molecular weight is 336 g/mol. The van der Waals surface area contributed by atoms with Crippen LogP contribution < -0.4 is 5.32 Å². The van der Waals surface area contributed by atoms with Gasteiger partial charge in [-0.1, -0.05) is 23.7 Å². The molecule has 1 aromatic heterocycles. The van der Waals surface area contributed by atoms with Crippen molar-refractivity contribution in [2.75, 3.05) is 19.8 Å². The summed E-state index contributed by atoms with van der Waals surface area (Å²) in [5.74, 6) is -0.323. The molecular formula is C16H18ClN3O3. The number of halogens is 1. The van der Waals surface area contributed by atoms with Crippen LogP contribution in [0.1, 0.15) is 23.3 Å². The van der Waals surface area contributed by atoms with Crippen molar-refractivity contribution in [2.24, 2.45) is 0 Å². The van der Waals surface area contributed by atoms with Gasteiger partial charge in [0.15, 0.2) is 5.69 Å². The first-order valence-corrected chi connectivity index (χ1v) is 7.84. The third-order valence-corrected chi connectivity index (χ3v) is 4.24. The summed E-state index contributed by atoms with van der Waals surface area (Å²) in [5.41, 5.74) is 0.0796. The van der Waals surface area contributed by atoms with Crippen molar-refractivity contribution in [3.8, 4) is 5.69 Å². The lowest BCUT2D eigenvalue weighted by Gasteiger charge is -2.31. The number of amides is 1. The summed E-state index contributed by atoms with van der Waals surface area (Å²) >= 11 is 6.12. The first-order chi connectivity index (χ1) is 11.1. The molecule has 23 heavy (non-hydrogen) atoms. The van der Waals surface area contributed by atoms with Crippen LogP contribution in [0.15, 0.2) is 36.5 Å². The number of carbonyl (C=O) groups excluding carboxylic acids is 1. The maximum absolute atomic E-state index is 12.2. The van der Waals surface area contributed by atoms with Gasteiger partial charge in [-0.2, -0.15) is 5.10 Å². The minimum atomic E-state index is -0.904. The number of ether oxygens (including phenoxy) is 1. The molecule has 0 atom stereocenters. The first-order valence-electron chi connectivity index (χ1n) is 7.46. The normalized spacial score (nSPS) is 17.0. The van der Waals surface area contributed by atoms with Crippen LogP contribution in [-0.2, 0) is 4.74 Å². The summed E-state index contributed by atoms with van der Waals surface area (Å²) < 4.78 is 6.77. The van der Waals surface area contributed by atoms with Crippen molar-refractivity contribution in [2.45, 2.75) is 18.4 Å². The number of nitrogens with zero attached hydrogens (tertiary/aromatic N) is 2. The first kappa shape index (κ1) is 16.0.